The van der Waals surface area contributed by atoms with Gasteiger partial charge in [-0.1, -0.05) is 12.8 Å². The molecule has 0 aromatic carbocycles. The van der Waals surface area contributed by atoms with Crippen molar-refractivity contribution in [2.24, 2.45) is 5.92 Å². The Morgan fingerprint density at radius 1 is 0.950 bits per heavy atom. The summed E-state index contributed by atoms with van der Waals surface area (Å²) in [5.41, 5.74) is 0. The van der Waals surface area contributed by atoms with E-state index in [0.29, 0.717) is 5.91 Å². The van der Waals surface area contributed by atoms with E-state index in [1.807, 2.05) is 0 Å². The van der Waals surface area contributed by atoms with Crippen LogP contribution in [0.2, 0.25) is 0 Å². The summed E-state index contributed by atoms with van der Waals surface area (Å²) in [4.78, 5) is 17.0. The van der Waals surface area contributed by atoms with Crippen LogP contribution in [0, 0.1) is 5.92 Å². The van der Waals surface area contributed by atoms with Crippen LogP contribution in [-0.2, 0) is 4.79 Å². The van der Waals surface area contributed by atoms with Gasteiger partial charge in [0.2, 0.25) is 5.91 Å². The fourth-order valence-electron chi connectivity index (χ4n) is 3.70. The molecule has 1 N–H and O–H groups in total. The van der Waals surface area contributed by atoms with Crippen molar-refractivity contribution < 1.29 is 4.79 Å². The first-order chi connectivity index (χ1) is 8.84. The molecule has 4 nitrogen and oxygen atoms in total. The number of rotatable bonds is 2. The zero-order valence-electron chi connectivity index (χ0n) is 12.1. The van der Waals surface area contributed by atoms with Gasteiger partial charge >= 0.3 is 0 Å². The van der Waals surface area contributed by atoms with E-state index in [9.17, 15) is 4.79 Å². The van der Waals surface area contributed by atoms with E-state index >= 15 is 0 Å². The lowest BCUT2D eigenvalue weighted by molar-refractivity contribution is -0.137. The highest BCUT2D eigenvalue weighted by Crippen LogP contribution is 2.24. The Balaban J connectivity index is 0.000001000. The predicted molar refractivity (Wildman–Crippen MR) is 85.9 cm³/mol. The number of carbonyl (C=O) groups excluding carboxylic acids is 1. The first-order valence-electron chi connectivity index (χ1n) is 7.58. The van der Waals surface area contributed by atoms with Crippen LogP contribution < -0.4 is 5.32 Å². The SMILES string of the molecule is Cl.Cl.O=C(C1CCNC1)N1CCN(C2CCCC2)CC1. The van der Waals surface area contributed by atoms with Gasteiger partial charge in [0.05, 0.1) is 5.92 Å². The van der Waals surface area contributed by atoms with Gasteiger partial charge in [-0.25, -0.2) is 0 Å². The Kier molecular flexibility index (Phi) is 7.59. The van der Waals surface area contributed by atoms with E-state index in [-0.39, 0.29) is 30.7 Å². The minimum atomic E-state index is 0. The van der Waals surface area contributed by atoms with E-state index in [0.717, 1.165) is 51.7 Å². The molecule has 1 amide bonds. The maximum Gasteiger partial charge on any atom is 0.227 e. The molecule has 0 aromatic rings. The summed E-state index contributed by atoms with van der Waals surface area (Å²) in [6.45, 7) is 5.99. The number of halogens is 2. The Labute approximate surface area is 134 Å². The first-order valence-corrected chi connectivity index (χ1v) is 7.58. The molecule has 2 saturated heterocycles. The molecule has 3 aliphatic rings. The van der Waals surface area contributed by atoms with Crippen molar-refractivity contribution in [2.75, 3.05) is 39.3 Å². The largest absolute Gasteiger partial charge is 0.340 e. The van der Waals surface area contributed by atoms with Gasteiger partial charge in [0.25, 0.3) is 0 Å². The summed E-state index contributed by atoms with van der Waals surface area (Å²) in [6.07, 6.45) is 6.58. The number of nitrogens with one attached hydrogen (secondary N) is 1. The summed E-state index contributed by atoms with van der Waals surface area (Å²) in [7, 11) is 0. The highest BCUT2D eigenvalue weighted by molar-refractivity contribution is 5.85. The number of nitrogens with zero attached hydrogens (tertiary/aromatic N) is 2. The molecular formula is C14H27Cl2N3O. The average Bonchev–Trinajstić information content (AvgIpc) is 3.11. The van der Waals surface area contributed by atoms with Gasteiger partial charge in [0, 0.05) is 38.8 Å². The van der Waals surface area contributed by atoms with Gasteiger partial charge in [-0.3, -0.25) is 9.69 Å². The van der Waals surface area contributed by atoms with Gasteiger partial charge in [0.15, 0.2) is 0 Å². The lowest BCUT2D eigenvalue weighted by Gasteiger charge is -2.38. The van der Waals surface area contributed by atoms with Crippen molar-refractivity contribution in [2.45, 2.75) is 38.1 Å². The Morgan fingerprint density at radius 2 is 1.60 bits per heavy atom. The van der Waals surface area contributed by atoms with Gasteiger partial charge in [0.1, 0.15) is 0 Å². The maximum atomic E-state index is 12.3. The standard InChI is InChI=1S/C14H25N3O.2ClH/c18-14(12-5-6-15-11-12)17-9-7-16(8-10-17)13-3-1-2-4-13;;/h12-13,15H,1-11H2;2*1H. The first kappa shape index (κ1) is 18.0. The smallest absolute Gasteiger partial charge is 0.227 e. The molecule has 0 spiro atoms. The second-order valence-electron chi connectivity index (χ2n) is 5.99. The Morgan fingerprint density at radius 3 is 2.15 bits per heavy atom. The quantitative estimate of drug-likeness (QED) is 0.837. The third-order valence-corrected chi connectivity index (χ3v) is 4.88. The Bertz CT molecular complexity index is 297. The minimum absolute atomic E-state index is 0. The monoisotopic (exact) mass is 323 g/mol. The third kappa shape index (κ3) is 4.00. The molecular weight excluding hydrogens is 297 g/mol. The van der Waals surface area contributed by atoms with E-state index in [1.54, 1.807) is 0 Å². The molecule has 3 rings (SSSR count). The number of hydrogen-bond donors (Lipinski definition) is 1. The average molecular weight is 324 g/mol. The highest BCUT2D eigenvalue weighted by Gasteiger charge is 2.31. The van der Waals surface area contributed by atoms with Crippen LogP contribution in [0.25, 0.3) is 0 Å². The van der Waals surface area contributed by atoms with Crippen molar-refractivity contribution in [1.29, 1.82) is 0 Å². The van der Waals surface area contributed by atoms with Gasteiger partial charge in [-0.05, 0) is 25.8 Å². The minimum Gasteiger partial charge on any atom is -0.340 e. The summed E-state index contributed by atoms with van der Waals surface area (Å²) in [6, 6.07) is 0.815. The fourth-order valence-corrected chi connectivity index (χ4v) is 3.70. The second kappa shape index (κ2) is 8.42. The number of carbonyl (C=O) groups is 1. The van der Waals surface area contributed by atoms with Crippen LogP contribution in [0.4, 0.5) is 0 Å². The number of amides is 1. The number of piperazine rings is 1. The molecule has 20 heavy (non-hydrogen) atoms. The van der Waals surface area contributed by atoms with E-state index < -0.39 is 0 Å². The predicted octanol–water partition coefficient (Wildman–Crippen LogP) is 1.53. The van der Waals surface area contributed by atoms with E-state index in [4.69, 9.17) is 0 Å². The molecule has 0 aromatic heterocycles. The zero-order chi connectivity index (χ0) is 12.4. The fraction of sp³-hybridized carbons (Fsp3) is 0.929. The van der Waals surface area contributed by atoms with Crippen LogP contribution in [0.5, 0.6) is 0 Å². The molecule has 1 atom stereocenters. The zero-order valence-corrected chi connectivity index (χ0v) is 13.7. The summed E-state index contributed by atoms with van der Waals surface area (Å²) >= 11 is 0. The van der Waals surface area contributed by atoms with Crippen molar-refractivity contribution in [1.82, 2.24) is 15.1 Å². The van der Waals surface area contributed by atoms with Gasteiger partial charge < -0.3 is 10.2 Å². The molecule has 1 unspecified atom stereocenters. The van der Waals surface area contributed by atoms with Crippen LogP contribution in [-0.4, -0.2) is 61.0 Å². The maximum absolute atomic E-state index is 12.3. The Hall–Kier alpha value is -0.0300. The molecule has 1 saturated carbocycles. The molecule has 6 heteroatoms. The molecule has 2 aliphatic heterocycles. The lowest BCUT2D eigenvalue weighted by Crippen LogP contribution is -2.52. The third-order valence-electron chi connectivity index (χ3n) is 4.88. The molecule has 118 valence electrons. The van der Waals surface area contributed by atoms with Crippen LogP contribution >= 0.6 is 24.8 Å². The van der Waals surface area contributed by atoms with Crippen LogP contribution in [0.1, 0.15) is 32.1 Å². The summed E-state index contributed by atoms with van der Waals surface area (Å²) < 4.78 is 0. The summed E-state index contributed by atoms with van der Waals surface area (Å²) in [5.74, 6) is 0.647. The molecule has 2 heterocycles. The lowest BCUT2D eigenvalue weighted by atomic mass is 10.1. The van der Waals surface area contributed by atoms with Crippen molar-refractivity contribution in [3.63, 3.8) is 0 Å². The molecule has 0 radical (unpaired) electrons. The van der Waals surface area contributed by atoms with Gasteiger partial charge in [-0.15, -0.1) is 24.8 Å². The van der Waals surface area contributed by atoms with E-state index in [2.05, 4.69) is 15.1 Å². The molecule has 3 fully saturated rings. The van der Waals surface area contributed by atoms with Crippen LogP contribution in [0.3, 0.4) is 0 Å². The van der Waals surface area contributed by atoms with Crippen molar-refractivity contribution >= 4 is 30.7 Å². The van der Waals surface area contributed by atoms with E-state index in [1.165, 1.54) is 25.7 Å². The topological polar surface area (TPSA) is 35.6 Å². The normalized spacial score (nSPS) is 28.0. The van der Waals surface area contributed by atoms with Crippen molar-refractivity contribution in [3.8, 4) is 0 Å². The molecule has 1 aliphatic carbocycles. The number of hydrogen-bond acceptors (Lipinski definition) is 3. The van der Waals surface area contributed by atoms with Gasteiger partial charge in [-0.2, -0.15) is 0 Å². The molecule has 0 bridgehead atoms. The summed E-state index contributed by atoms with van der Waals surface area (Å²) in [5, 5.41) is 3.29. The van der Waals surface area contributed by atoms with Crippen molar-refractivity contribution in [3.05, 3.63) is 0 Å². The van der Waals surface area contributed by atoms with Crippen LogP contribution in [0.15, 0.2) is 0 Å². The second-order valence-corrected chi connectivity index (χ2v) is 5.99. The highest BCUT2D eigenvalue weighted by atomic mass is 35.5.